The Balaban J connectivity index is 2.29. The van der Waals surface area contributed by atoms with Crippen LogP contribution < -0.4 is 0 Å². The van der Waals surface area contributed by atoms with E-state index in [-0.39, 0.29) is 6.61 Å². The minimum atomic E-state index is -1.02. The summed E-state index contributed by atoms with van der Waals surface area (Å²) in [5.41, 5.74) is 0.809. The number of aliphatic carboxylic acids is 1. The van der Waals surface area contributed by atoms with Crippen molar-refractivity contribution in [2.75, 3.05) is 20.3 Å². The summed E-state index contributed by atoms with van der Waals surface area (Å²) in [4.78, 5) is 14.7. The lowest BCUT2D eigenvalue weighted by atomic mass is 10.3. The van der Waals surface area contributed by atoms with Crippen LogP contribution in [-0.4, -0.2) is 37.1 Å². The summed E-state index contributed by atoms with van der Waals surface area (Å²) in [5.74, 6) is -0.579. The van der Waals surface area contributed by atoms with Crippen LogP contribution >= 0.6 is 0 Å². The number of oxime groups is 1. The Kier molecular flexibility index (Phi) is 3.70. The van der Waals surface area contributed by atoms with Crippen LogP contribution in [-0.2, 0) is 14.4 Å². The number of carboxylic acid groups (broad SMARTS) is 1. The summed E-state index contributed by atoms with van der Waals surface area (Å²) in [5, 5.41) is 12.0. The van der Waals surface area contributed by atoms with E-state index in [1.54, 1.807) is 7.11 Å². The summed E-state index contributed by atoms with van der Waals surface area (Å²) in [6.45, 7) is 0.0320. The largest absolute Gasteiger partial charge is 0.479 e. The van der Waals surface area contributed by atoms with E-state index in [1.807, 2.05) is 0 Å². The Morgan fingerprint density at radius 2 is 2.23 bits per heavy atom. The van der Waals surface area contributed by atoms with E-state index in [1.165, 1.54) is 0 Å². The highest BCUT2D eigenvalue weighted by atomic mass is 16.6. The first-order valence-electron chi connectivity index (χ1n) is 4.13. The predicted octanol–water partition coefficient (Wildman–Crippen LogP) is 0.500. The molecule has 0 aromatic heterocycles. The maximum Gasteiger partial charge on any atom is 0.344 e. The van der Waals surface area contributed by atoms with Crippen molar-refractivity contribution >= 4 is 11.7 Å². The van der Waals surface area contributed by atoms with E-state index in [2.05, 4.69) is 9.99 Å². The Labute approximate surface area is 76.3 Å². The minimum absolute atomic E-state index is 0.389. The van der Waals surface area contributed by atoms with E-state index in [9.17, 15) is 4.79 Å². The molecule has 13 heavy (non-hydrogen) atoms. The highest BCUT2D eigenvalue weighted by molar-refractivity contribution is 5.89. The van der Waals surface area contributed by atoms with Crippen LogP contribution in [0, 0.1) is 5.92 Å². The molecule has 0 aromatic carbocycles. The van der Waals surface area contributed by atoms with Gasteiger partial charge in [-0.3, -0.25) is 0 Å². The summed E-state index contributed by atoms with van der Waals surface area (Å²) in [6.07, 6.45) is 2.19. The average Bonchev–Trinajstić information content (AvgIpc) is 2.84. The van der Waals surface area contributed by atoms with Gasteiger partial charge in [0.05, 0.1) is 12.3 Å². The number of nitrogens with zero attached hydrogens (tertiary/aromatic N) is 1. The zero-order valence-electron chi connectivity index (χ0n) is 7.52. The molecule has 0 aromatic rings. The molecule has 0 radical (unpaired) electrons. The lowest BCUT2D eigenvalue weighted by molar-refractivity contribution is -0.142. The number of ether oxygens (including phenoxy) is 1. The van der Waals surface area contributed by atoms with Crippen molar-refractivity contribution in [3.8, 4) is 0 Å². The zero-order chi connectivity index (χ0) is 9.68. The topological polar surface area (TPSA) is 68.1 Å². The molecular formula is C8H13NO4. The van der Waals surface area contributed by atoms with Crippen LogP contribution in [0.15, 0.2) is 5.16 Å². The van der Waals surface area contributed by atoms with E-state index >= 15 is 0 Å². The van der Waals surface area contributed by atoms with Crippen LogP contribution in [0.3, 0.4) is 0 Å². The molecule has 1 fully saturated rings. The van der Waals surface area contributed by atoms with Gasteiger partial charge in [-0.2, -0.15) is 0 Å². The van der Waals surface area contributed by atoms with Gasteiger partial charge in [0.25, 0.3) is 0 Å². The Morgan fingerprint density at radius 1 is 1.54 bits per heavy atom. The maximum absolute atomic E-state index is 10.1. The number of methoxy groups -OCH3 is 1. The minimum Gasteiger partial charge on any atom is -0.479 e. The van der Waals surface area contributed by atoms with Crippen molar-refractivity contribution in [1.82, 2.24) is 0 Å². The number of hydrogen-bond donors (Lipinski definition) is 1. The molecule has 0 atom stereocenters. The second kappa shape index (κ2) is 4.81. The van der Waals surface area contributed by atoms with Gasteiger partial charge < -0.3 is 14.7 Å². The molecule has 5 nitrogen and oxygen atoms in total. The molecule has 0 aliphatic heterocycles. The molecular weight excluding hydrogens is 174 g/mol. The molecule has 0 spiro atoms. The fourth-order valence-electron chi connectivity index (χ4n) is 0.954. The lowest BCUT2D eigenvalue weighted by Gasteiger charge is -2.02. The summed E-state index contributed by atoms with van der Waals surface area (Å²) in [7, 11) is 1.58. The number of rotatable bonds is 6. The molecule has 1 N–H and O–H groups in total. The van der Waals surface area contributed by atoms with Crippen LogP contribution in [0.2, 0.25) is 0 Å². The van der Waals surface area contributed by atoms with Crippen molar-refractivity contribution in [2.45, 2.75) is 12.8 Å². The molecule has 1 rings (SSSR count). The van der Waals surface area contributed by atoms with Gasteiger partial charge in [-0.25, -0.2) is 4.79 Å². The Hall–Kier alpha value is -1.10. The summed E-state index contributed by atoms with van der Waals surface area (Å²) < 4.78 is 4.90. The normalized spacial score (nSPS) is 17.2. The molecule has 74 valence electrons. The second-order valence-electron chi connectivity index (χ2n) is 2.96. The smallest absolute Gasteiger partial charge is 0.344 e. The van der Waals surface area contributed by atoms with Gasteiger partial charge >= 0.3 is 5.97 Å². The first kappa shape index (κ1) is 9.98. The maximum atomic E-state index is 10.1. The molecule has 1 saturated carbocycles. The first-order chi connectivity index (χ1) is 6.24. The van der Waals surface area contributed by atoms with Crippen molar-refractivity contribution in [3.63, 3.8) is 0 Å². The third-order valence-electron chi connectivity index (χ3n) is 1.71. The van der Waals surface area contributed by atoms with Gasteiger partial charge in [0.1, 0.15) is 0 Å². The van der Waals surface area contributed by atoms with Gasteiger partial charge in [0, 0.05) is 13.0 Å². The van der Waals surface area contributed by atoms with Crippen molar-refractivity contribution in [2.24, 2.45) is 11.1 Å². The van der Waals surface area contributed by atoms with Crippen LogP contribution in [0.4, 0.5) is 0 Å². The molecule has 0 amide bonds. The Morgan fingerprint density at radius 3 is 2.69 bits per heavy atom. The third kappa shape index (κ3) is 3.89. The molecule has 0 bridgehead atoms. The molecule has 0 heterocycles. The van der Waals surface area contributed by atoms with Crippen molar-refractivity contribution in [1.29, 1.82) is 0 Å². The van der Waals surface area contributed by atoms with Gasteiger partial charge in [-0.05, 0) is 12.8 Å². The fraction of sp³-hybridized carbons (Fsp3) is 0.750. The van der Waals surface area contributed by atoms with Crippen molar-refractivity contribution in [3.05, 3.63) is 0 Å². The molecule has 0 saturated heterocycles. The van der Waals surface area contributed by atoms with Gasteiger partial charge in [0.15, 0.2) is 0 Å². The van der Waals surface area contributed by atoms with Gasteiger partial charge in [-0.1, -0.05) is 5.16 Å². The molecule has 1 aliphatic rings. The summed E-state index contributed by atoms with van der Waals surface area (Å²) in [6, 6.07) is 0. The van der Waals surface area contributed by atoms with Crippen molar-refractivity contribution < 1.29 is 19.5 Å². The summed E-state index contributed by atoms with van der Waals surface area (Å²) >= 11 is 0. The lowest BCUT2D eigenvalue weighted by Crippen LogP contribution is -2.12. The molecule has 0 unspecified atom stereocenters. The first-order valence-corrected chi connectivity index (χ1v) is 4.13. The molecule has 1 aliphatic carbocycles. The zero-order valence-corrected chi connectivity index (χ0v) is 7.52. The monoisotopic (exact) mass is 187 g/mol. The third-order valence-corrected chi connectivity index (χ3v) is 1.71. The fourth-order valence-corrected chi connectivity index (χ4v) is 0.954. The SMILES string of the molecule is COCC(=NOCC(=O)O)C1CC1. The van der Waals surface area contributed by atoms with Crippen LogP contribution in [0.5, 0.6) is 0 Å². The number of carbonyl (C=O) groups is 1. The highest BCUT2D eigenvalue weighted by Gasteiger charge is 2.28. The quantitative estimate of drug-likeness (QED) is 0.485. The molecule has 5 heteroatoms. The number of carboxylic acids is 1. The van der Waals surface area contributed by atoms with Crippen LogP contribution in [0.1, 0.15) is 12.8 Å². The van der Waals surface area contributed by atoms with E-state index < -0.39 is 5.97 Å². The average molecular weight is 187 g/mol. The number of hydrogen-bond acceptors (Lipinski definition) is 4. The van der Waals surface area contributed by atoms with Crippen LogP contribution in [0.25, 0.3) is 0 Å². The van der Waals surface area contributed by atoms with Gasteiger partial charge in [0.2, 0.25) is 6.61 Å². The second-order valence-corrected chi connectivity index (χ2v) is 2.96. The van der Waals surface area contributed by atoms with E-state index in [0.717, 1.165) is 18.6 Å². The highest BCUT2D eigenvalue weighted by Crippen LogP contribution is 2.30. The predicted molar refractivity (Wildman–Crippen MR) is 45.6 cm³/mol. The Bertz CT molecular complexity index is 210. The van der Waals surface area contributed by atoms with Gasteiger partial charge in [-0.15, -0.1) is 0 Å². The van der Waals surface area contributed by atoms with E-state index in [0.29, 0.717) is 12.5 Å². The van der Waals surface area contributed by atoms with E-state index in [4.69, 9.17) is 9.84 Å². The standard InChI is InChI=1S/C8H13NO4/c1-12-4-7(6-2-3-6)9-13-5-8(10)11/h6H,2-5H2,1H3,(H,10,11).